The number of nitrogens with one attached hydrogen (secondary N) is 1. The Bertz CT molecular complexity index is 1010. The van der Waals surface area contributed by atoms with E-state index in [0.717, 1.165) is 21.4 Å². The van der Waals surface area contributed by atoms with Crippen LogP contribution in [-0.2, 0) is 17.9 Å². The molecule has 9 heteroatoms. The van der Waals surface area contributed by atoms with Gasteiger partial charge in [-0.1, -0.05) is 28.1 Å². The van der Waals surface area contributed by atoms with Crippen LogP contribution in [0.4, 0.5) is 5.69 Å². The summed E-state index contributed by atoms with van der Waals surface area (Å²) in [6, 6.07) is 9.39. The van der Waals surface area contributed by atoms with Gasteiger partial charge in [0.2, 0.25) is 5.91 Å². The number of hydrogen-bond acceptors (Lipinski definition) is 4. The molecule has 0 aliphatic carbocycles. The molecule has 0 aliphatic rings. The van der Waals surface area contributed by atoms with Crippen molar-refractivity contribution >= 4 is 33.5 Å². The quantitative estimate of drug-likeness (QED) is 0.580. The Morgan fingerprint density at radius 3 is 2.54 bits per heavy atom. The summed E-state index contributed by atoms with van der Waals surface area (Å²) in [6.07, 6.45) is 1.51. The number of aromatic nitrogens is 4. The monoisotopic (exact) mass is 445 g/mol. The largest absolute Gasteiger partial charge is 0.477 e. The molecule has 2 aromatic heterocycles. The summed E-state index contributed by atoms with van der Waals surface area (Å²) in [5, 5.41) is 20.4. The SMILES string of the molecule is Cc1nn(Cc2ccc(Br)cc2)c(C)c1NC(=O)CCn1nccc1C(=O)O. The highest BCUT2D eigenvalue weighted by Gasteiger charge is 2.16. The van der Waals surface area contributed by atoms with E-state index in [1.54, 1.807) is 0 Å². The Kier molecular flexibility index (Phi) is 5.93. The first-order chi connectivity index (χ1) is 13.3. The third kappa shape index (κ3) is 4.48. The van der Waals surface area contributed by atoms with Crippen LogP contribution >= 0.6 is 15.9 Å². The van der Waals surface area contributed by atoms with E-state index in [1.807, 2.05) is 42.8 Å². The molecule has 0 radical (unpaired) electrons. The van der Waals surface area contributed by atoms with E-state index in [1.165, 1.54) is 16.9 Å². The van der Waals surface area contributed by atoms with Crippen molar-refractivity contribution in [2.45, 2.75) is 33.4 Å². The van der Waals surface area contributed by atoms with E-state index < -0.39 is 5.97 Å². The molecule has 28 heavy (non-hydrogen) atoms. The van der Waals surface area contributed by atoms with Crippen molar-refractivity contribution in [1.82, 2.24) is 19.6 Å². The number of aromatic carboxylic acids is 1. The van der Waals surface area contributed by atoms with Crippen LogP contribution in [0.2, 0.25) is 0 Å². The van der Waals surface area contributed by atoms with Crippen LogP contribution in [0.5, 0.6) is 0 Å². The third-order valence-corrected chi connectivity index (χ3v) is 4.91. The third-order valence-electron chi connectivity index (χ3n) is 4.38. The molecule has 0 spiro atoms. The zero-order valence-electron chi connectivity index (χ0n) is 15.5. The zero-order valence-corrected chi connectivity index (χ0v) is 17.1. The lowest BCUT2D eigenvalue weighted by molar-refractivity contribution is -0.116. The van der Waals surface area contributed by atoms with Crippen molar-refractivity contribution in [1.29, 1.82) is 0 Å². The maximum absolute atomic E-state index is 12.4. The Labute approximate surface area is 170 Å². The molecule has 8 nitrogen and oxygen atoms in total. The average Bonchev–Trinajstić information content (AvgIpc) is 3.22. The highest BCUT2D eigenvalue weighted by Crippen LogP contribution is 2.21. The van der Waals surface area contributed by atoms with Crippen molar-refractivity contribution < 1.29 is 14.7 Å². The van der Waals surface area contributed by atoms with E-state index >= 15 is 0 Å². The topological polar surface area (TPSA) is 102 Å². The Balaban J connectivity index is 1.66. The van der Waals surface area contributed by atoms with Crippen molar-refractivity contribution in [3.63, 3.8) is 0 Å². The van der Waals surface area contributed by atoms with Crippen LogP contribution in [-0.4, -0.2) is 36.5 Å². The molecule has 2 heterocycles. The molecule has 0 aliphatic heterocycles. The molecule has 0 saturated carbocycles. The number of rotatable bonds is 7. The molecule has 0 unspecified atom stereocenters. The molecule has 2 N–H and O–H groups in total. The maximum atomic E-state index is 12.4. The first-order valence-corrected chi connectivity index (χ1v) is 9.48. The summed E-state index contributed by atoms with van der Waals surface area (Å²) in [4.78, 5) is 23.5. The molecule has 146 valence electrons. The van der Waals surface area contributed by atoms with Gasteiger partial charge in [-0.15, -0.1) is 0 Å². The molecule has 0 atom stereocenters. The van der Waals surface area contributed by atoms with E-state index in [0.29, 0.717) is 12.2 Å². The van der Waals surface area contributed by atoms with E-state index in [-0.39, 0.29) is 24.6 Å². The summed E-state index contributed by atoms with van der Waals surface area (Å²) in [5.74, 6) is -1.29. The molecule has 0 fully saturated rings. The highest BCUT2D eigenvalue weighted by molar-refractivity contribution is 9.10. The van der Waals surface area contributed by atoms with Crippen LogP contribution in [0.3, 0.4) is 0 Å². The number of aryl methyl sites for hydroxylation is 2. The number of benzene rings is 1. The minimum absolute atomic E-state index is 0.0579. The van der Waals surface area contributed by atoms with Gasteiger partial charge in [0.25, 0.3) is 0 Å². The number of carbonyl (C=O) groups excluding carboxylic acids is 1. The van der Waals surface area contributed by atoms with E-state index in [2.05, 4.69) is 31.4 Å². The minimum Gasteiger partial charge on any atom is -0.477 e. The molecule has 0 bridgehead atoms. The number of carbonyl (C=O) groups is 2. The van der Waals surface area contributed by atoms with Crippen molar-refractivity contribution in [2.75, 3.05) is 5.32 Å². The number of amides is 1. The van der Waals surface area contributed by atoms with Crippen LogP contribution in [0, 0.1) is 13.8 Å². The number of hydrogen-bond donors (Lipinski definition) is 2. The molecule has 1 aromatic carbocycles. The van der Waals surface area contributed by atoms with Gasteiger partial charge in [-0.25, -0.2) is 4.79 Å². The predicted molar refractivity (Wildman–Crippen MR) is 107 cm³/mol. The smallest absolute Gasteiger partial charge is 0.354 e. The summed E-state index contributed by atoms with van der Waals surface area (Å²) in [6.45, 7) is 4.54. The number of anilines is 1. The van der Waals surface area contributed by atoms with E-state index in [9.17, 15) is 9.59 Å². The van der Waals surface area contributed by atoms with Gasteiger partial charge in [-0.05, 0) is 37.6 Å². The molecule has 3 rings (SSSR count). The van der Waals surface area contributed by atoms with Gasteiger partial charge >= 0.3 is 5.97 Å². The Morgan fingerprint density at radius 2 is 1.86 bits per heavy atom. The van der Waals surface area contributed by atoms with Gasteiger partial charge < -0.3 is 10.4 Å². The normalized spacial score (nSPS) is 10.8. The second-order valence-corrected chi connectivity index (χ2v) is 7.29. The van der Waals surface area contributed by atoms with Crippen LogP contribution in [0.15, 0.2) is 41.0 Å². The highest BCUT2D eigenvalue weighted by atomic mass is 79.9. The van der Waals surface area contributed by atoms with Crippen LogP contribution < -0.4 is 5.32 Å². The van der Waals surface area contributed by atoms with Gasteiger partial charge in [0.05, 0.1) is 30.2 Å². The molecule has 0 saturated heterocycles. The summed E-state index contributed by atoms with van der Waals surface area (Å²) in [7, 11) is 0. The Morgan fingerprint density at radius 1 is 1.14 bits per heavy atom. The summed E-state index contributed by atoms with van der Waals surface area (Å²) in [5.41, 5.74) is 3.43. The second kappa shape index (κ2) is 8.39. The fraction of sp³-hybridized carbons (Fsp3) is 0.263. The van der Waals surface area contributed by atoms with Crippen molar-refractivity contribution in [3.05, 3.63) is 63.6 Å². The first kappa shape index (κ1) is 19.8. The fourth-order valence-corrected chi connectivity index (χ4v) is 3.16. The van der Waals surface area contributed by atoms with Gasteiger partial charge in [0.15, 0.2) is 0 Å². The number of nitrogens with zero attached hydrogens (tertiary/aromatic N) is 4. The van der Waals surface area contributed by atoms with Gasteiger partial charge in [-0.2, -0.15) is 10.2 Å². The molecular formula is C19H20BrN5O3. The van der Waals surface area contributed by atoms with Crippen LogP contribution in [0.1, 0.15) is 33.9 Å². The standard InChI is InChI=1S/C19H20BrN5O3/c1-12-18(13(2)25(23-12)11-14-3-5-15(20)6-4-14)22-17(26)8-10-24-16(19(27)28)7-9-21-24/h3-7,9H,8,10-11H2,1-2H3,(H,22,26)(H,27,28). The molecule has 1 amide bonds. The van der Waals surface area contributed by atoms with Crippen LogP contribution in [0.25, 0.3) is 0 Å². The number of carboxylic acids is 1. The molecule has 3 aromatic rings. The van der Waals surface area contributed by atoms with Gasteiger partial charge in [-0.3, -0.25) is 14.2 Å². The lowest BCUT2D eigenvalue weighted by Crippen LogP contribution is -2.18. The Hall–Kier alpha value is -2.94. The lowest BCUT2D eigenvalue weighted by atomic mass is 10.2. The van der Waals surface area contributed by atoms with E-state index in [4.69, 9.17) is 5.11 Å². The average molecular weight is 446 g/mol. The van der Waals surface area contributed by atoms with Gasteiger partial charge in [0.1, 0.15) is 5.69 Å². The number of halogens is 1. The van der Waals surface area contributed by atoms with Gasteiger partial charge in [0, 0.05) is 17.1 Å². The first-order valence-electron chi connectivity index (χ1n) is 8.68. The second-order valence-electron chi connectivity index (χ2n) is 6.37. The summed E-state index contributed by atoms with van der Waals surface area (Å²) >= 11 is 3.42. The summed E-state index contributed by atoms with van der Waals surface area (Å²) < 4.78 is 4.17. The number of carboxylic acid groups (broad SMARTS) is 1. The van der Waals surface area contributed by atoms with Crippen molar-refractivity contribution in [2.24, 2.45) is 0 Å². The minimum atomic E-state index is -1.07. The molecular weight excluding hydrogens is 426 g/mol. The lowest BCUT2D eigenvalue weighted by Gasteiger charge is -2.08. The van der Waals surface area contributed by atoms with Crippen molar-refractivity contribution in [3.8, 4) is 0 Å². The predicted octanol–water partition coefficient (Wildman–Crippen LogP) is 3.23. The zero-order chi connectivity index (χ0) is 20.3. The maximum Gasteiger partial charge on any atom is 0.354 e. The fourth-order valence-electron chi connectivity index (χ4n) is 2.90.